The molecule has 5 heteroatoms. The molecule has 0 aliphatic carbocycles. The van der Waals surface area contributed by atoms with E-state index in [2.05, 4.69) is 5.10 Å². The molecule has 1 aromatic rings. The monoisotopic (exact) mass is 260 g/mol. The van der Waals surface area contributed by atoms with Crippen LogP contribution < -0.4 is 0 Å². The third-order valence-corrected chi connectivity index (χ3v) is 3.38. The van der Waals surface area contributed by atoms with E-state index in [1.807, 2.05) is 20.8 Å². The Kier molecular flexibility index (Phi) is 5.43. The minimum Gasteiger partial charge on any atom is -0.390 e. The summed E-state index contributed by atoms with van der Waals surface area (Å²) >= 11 is 6.14. The van der Waals surface area contributed by atoms with Crippen LogP contribution in [0.5, 0.6) is 0 Å². The number of aromatic nitrogens is 2. The molecule has 0 aromatic carbocycles. The molecular weight excluding hydrogens is 240 g/mol. The Balaban J connectivity index is 2.80. The van der Waals surface area contributed by atoms with E-state index in [9.17, 15) is 10.2 Å². The Labute approximate surface area is 107 Å². The molecule has 0 bridgehead atoms. The van der Waals surface area contributed by atoms with E-state index in [4.69, 9.17) is 11.6 Å². The van der Waals surface area contributed by atoms with Gasteiger partial charge in [0.25, 0.3) is 0 Å². The highest BCUT2D eigenvalue weighted by Gasteiger charge is 2.21. The molecule has 0 saturated heterocycles. The summed E-state index contributed by atoms with van der Waals surface area (Å²) in [4.78, 5) is 0. The van der Waals surface area contributed by atoms with Crippen molar-refractivity contribution in [2.45, 2.75) is 58.8 Å². The second kappa shape index (κ2) is 6.38. The summed E-state index contributed by atoms with van der Waals surface area (Å²) < 4.78 is 1.78. The van der Waals surface area contributed by atoms with Crippen LogP contribution in [0.1, 0.15) is 38.1 Å². The quantitative estimate of drug-likeness (QED) is 0.822. The fourth-order valence-electron chi connectivity index (χ4n) is 1.89. The van der Waals surface area contributed by atoms with Gasteiger partial charge in [-0.15, -0.1) is 0 Å². The van der Waals surface area contributed by atoms with Crippen molar-refractivity contribution in [1.29, 1.82) is 0 Å². The van der Waals surface area contributed by atoms with Crippen molar-refractivity contribution in [3.8, 4) is 0 Å². The maximum absolute atomic E-state index is 9.91. The number of rotatable bonds is 6. The van der Waals surface area contributed by atoms with Gasteiger partial charge < -0.3 is 10.2 Å². The summed E-state index contributed by atoms with van der Waals surface area (Å²) in [7, 11) is 0. The molecule has 0 amide bonds. The molecule has 2 N–H and O–H groups in total. The molecule has 98 valence electrons. The highest BCUT2D eigenvalue weighted by molar-refractivity contribution is 6.31. The molecule has 0 aliphatic rings. The number of halogens is 1. The van der Waals surface area contributed by atoms with E-state index < -0.39 is 12.2 Å². The van der Waals surface area contributed by atoms with Gasteiger partial charge in [-0.25, -0.2) is 0 Å². The van der Waals surface area contributed by atoms with Gasteiger partial charge in [-0.3, -0.25) is 4.68 Å². The van der Waals surface area contributed by atoms with Crippen LogP contribution >= 0.6 is 11.6 Å². The maximum Gasteiger partial charge on any atom is 0.0854 e. The largest absolute Gasteiger partial charge is 0.390 e. The van der Waals surface area contributed by atoms with Crippen molar-refractivity contribution in [3.63, 3.8) is 0 Å². The number of aliphatic hydroxyl groups excluding tert-OH is 2. The van der Waals surface area contributed by atoms with Gasteiger partial charge in [-0.2, -0.15) is 5.10 Å². The Morgan fingerprint density at radius 1 is 1.29 bits per heavy atom. The minimum absolute atomic E-state index is 0.342. The zero-order valence-corrected chi connectivity index (χ0v) is 11.4. The fraction of sp³-hybridized carbons (Fsp3) is 0.750. The number of aliphatic hydroxyl groups is 2. The molecule has 0 spiro atoms. The van der Waals surface area contributed by atoms with Gasteiger partial charge in [-0.1, -0.05) is 24.9 Å². The van der Waals surface area contributed by atoms with Crippen LogP contribution in [0.4, 0.5) is 0 Å². The van der Waals surface area contributed by atoms with Gasteiger partial charge in [0.05, 0.1) is 28.6 Å². The van der Waals surface area contributed by atoms with Gasteiger partial charge in [0, 0.05) is 13.0 Å². The van der Waals surface area contributed by atoms with Crippen molar-refractivity contribution < 1.29 is 10.2 Å². The molecule has 1 aromatic heterocycles. The van der Waals surface area contributed by atoms with Gasteiger partial charge in [-0.05, 0) is 20.3 Å². The van der Waals surface area contributed by atoms with Crippen LogP contribution in [0.3, 0.4) is 0 Å². The zero-order chi connectivity index (χ0) is 13.0. The Morgan fingerprint density at radius 3 is 2.47 bits per heavy atom. The molecule has 2 atom stereocenters. The Morgan fingerprint density at radius 2 is 1.94 bits per heavy atom. The van der Waals surface area contributed by atoms with Crippen molar-refractivity contribution in [1.82, 2.24) is 9.78 Å². The molecular formula is C12H21ClN2O2. The first-order valence-corrected chi connectivity index (χ1v) is 6.46. The van der Waals surface area contributed by atoms with E-state index in [1.165, 1.54) is 0 Å². The summed E-state index contributed by atoms with van der Waals surface area (Å²) in [6.07, 6.45) is 0.301. The fourth-order valence-corrected chi connectivity index (χ4v) is 2.10. The van der Waals surface area contributed by atoms with Gasteiger partial charge in [0.1, 0.15) is 0 Å². The van der Waals surface area contributed by atoms with Crippen molar-refractivity contribution >= 4 is 11.6 Å². The van der Waals surface area contributed by atoms with Crippen LogP contribution in [-0.4, -0.2) is 32.2 Å². The third kappa shape index (κ3) is 3.44. The second-order valence-electron chi connectivity index (χ2n) is 4.29. The van der Waals surface area contributed by atoms with Crippen molar-refractivity contribution in [2.75, 3.05) is 0 Å². The van der Waals surface area contributed by atoms with Crippen LogP contribution in [-0.2, 0) is 13.0 Å². The molecule has 4 nitrogen and oxygen atoms in total. The van der Waals surface area contributed by atoms with Gasteiger partial charge >= 0.3 is 0 Å². The first kappa shape index (κ1) is 14.5. The summed E-state index contributed by atoms with van der Waals surface area (Å²) in [6.45, 7) is 6.50. The average Bonchev–Trinajstić information content (AvgIpc) is 2.57. The Hall–Kier alpha value is -0.580. The lowest BCUT2D eigenvalue weighted by Crippen LogP contribution is -2.28. The van der Waals surface area contributed by atoms with E-state index in [0.717, 1.165) is 17.8 Å². The summed E-state index contributed by atoms with van der Waals surface area (Å²) in [5.41, 5.74) is 1.56. The number of aryl methyl sites for hydroxylation is 2. The molecule has 1 rings (SSSR count). The van der Waals surface area contributed by atoms with Crippen molar-refractivity contribution in [2.24, 2.45) is 0 Å². The lowest BCUT2D eigenvalue weighted by Gasteiger charge is -2.17. The Bertz CT molecular complexity index is 366. The molecule has 1 heterocycles. The summed E-state index contributed by atoms with van der Waals surface area (Å²) in [5, 5.41) is 24.5. The van der Waals surface area contributed by atoms with Crippen LogP contribution in [0.25, 0.3) is 0 Å². The average molecular weight is 261 g/mol. The maximum atomic E-state index is 9.91. The lowest BCUT2D eigenvalue weighted by molar-refractivity contribution is 0.0137. The highest BCUT2D eigenvalue weighted by atomic mass is 35.5. The second-order valence-corrected chi connectivity index (χ2v) is 4.67. The number of hydrogen-bond donors (Lipinski definition) is 2. The summed E-state index contributed by atoms with van der Waals surface area (Å²) in [5.74, 6) is 0. The normalized spacial score (nSPS) is 14.9. The van der Waals surface area contributed by atoms with E-state index >= 15 is 0 Å². The minimum atomic E-state index is -0.783. The predicted molar refractivity (Wildman–Crippen MR) is 68.3 cm³/mol. The van der Waals surface area contributed by atoms with Crippen LogP contribution in [0.2, 0.25) is 5.02 Å². The molecule has 17 heavy (non-hydrogen) atoms. The first-order valence-electron chi connectivity index (χ1n) is 6.09. The van der Waals surface area contributed by atoms with E-state index in [1.54, 1.807) is 4.68 Å². The first-order chi connectivity index (χ1) is 8.01. The molecule has 0 radical (unpaired) electrons. The smallest absolute Gasteiger partial charge is 0.0854 e. The van der Waals surface area contributed by atoms with Gasteiger partial charge in [0.15, 0.2) is 0 Å². The topological polar surface area (TPSA) is 58.3 Å². The van der Waals surface area contributed by atoms with E-state index in [-0.39, 0.29) is 0 Å². The lowest BCUT2D eigenvalue weighted by atomic mass is 10.0. The number of nitrogens with zero attached hydrogens (tertiary/aromatic N) is 2. The van der Waals surface area contributed by atoms with Crippen LogP contribution in [0, 0.1) is 6.92 Å². The van der Waals surface area contributed by atoms with Gasteiger partial charge in [0.2, 0.25) is 0 Å². The SMILES string of the molecule is CCCC(O)C(O)Cc1c(Cl)c(C)nn1CC. The zero-order valence-electron chi connectivity index (χ0n) is 10.6. The molecule has 2 unspecified atom stereocenters. The molecule has 0 aliphatic heterocycles. The standard InChI is InChI=1S/C12H21ClN2O2/c1-4-6-10(16)11(17)7-9-12(13)8(3)14-15(9)5-2/h10-11,16-17H,4-7H2,1-3H3. The van der Waals surface area contributed by atoms with Crippen molar-refractivity contribution in [3.05, 3.63) is 16.4 Å². The predicted octanol–water partition coefficient (Wildman–Crippen LogP) is 1.93. The molecule has 0 fully saturated rings. The highest BCUT2D eigenvalue weighted by Crippen LogP contribution is 2.22. The number of hydrogen-bond acceptors (Lipinski definition) is 3. The van der Waals surface area contributed by atoms with Crippen LogP contribution in [0.15, 0.2) is 0 Å². The summed E-state index contributed by atoms with van der Waals surface area (Å²) in [6, 6.07) is 0. The third-order valence-electron chi connectivity index (χ3n) is 2.88. The van der Waals surface area contributed by atoms with E-state index in [0.29, 0.717) is 24.4 Å². The molecule has 0 saturated carbocycles.